The number of likely N-dealkylation sites (N-methyl/N-ethyl adjacent to an activating group) is 1. The van der Waals surface area contributed by atoms with Gasteiger partial charge in [-0.05, 0) is 66.6 Å². The number of primary sulfonamides is 2. The van der Waals surface area contributed by atoms with Crippen LogP contribution in [-0.2, 0) is 26.5 Å². The van der Waals surface area contributed by atoms with Gasteiger partial charge in [0.2, 0.25) is 20.0 Å². The van der Waals surface area contributed by atoms with E-state index in [0.717, 1.165) is 32.7 Å². The molecule has 0 spiro atoms. The second kappa shape index (κ2) is 12.4. The minimum Gasteiger partial charge on any atom is -0.354 e. The van der Waals surface area contributed by atoms with Gasteiger partial charge in [-0.15, -0.1) is 0 Å². The fourth-order valence-corrected chi connectivity index (χ4v) is 5.61. The summed E-state index contributed by atoms with van der Waals surface area (Å²) >= 11 is 0. The van der Waals surface area contributed by atoms with Crippen LogP contribution in [0.3, 0.4) is 0 Å². The van der Waals surface area contributed by atoms with Crippen LogP contribution in [0.1, 0.15) is 23.6 Å². The molecule has 0 radical (unpaired) electrons. The molecule has 1 aliphatic rings. The number of urea groups is 1. The maximum Gasteiger partial charge on any atom is 0.323 e. The van der Waals surface area contributed by atoms with Crippen LogP contribution in [-0.4, -0.2) is 71.2 Å². The van der Waals surface area contributed by atoms with E-state index in [2.05, 4.69) is 22.5 Å². The van der Waals surface area contributed by atoms with E-state index >= 15 is 0 Å². The highest BCUT2D eigenvalue weighted by atomic mass is 32.2. The molecule has 218 valence electrons. The van der Waals surface area contributed by atoms with Crippen LogP contribution in [0.5, 0.6) is 0 Å². The summed E-state index contributed by atoms with van der Waals surface area (Å²) in [6, 6.07) is 16.3. The zero-order chi connectivity index (χ0) is 29.8. The SMILES string of the molecule is CCN1CCN(C(=N)c2cccc(NC(=O)Nc3ccc(S(N)(=O)=O)cc3Cc3ccc(S(N)(=O)=O)cc3)c2)CC1. The third-order valence-electron chi connectivity index (χ3n) is 6.83. The number of carbonyl (C=O) groups excluding carboxylic acids is 1. The summed E-state index contributed by atoms with van der Waals surface area (Å²) in [7, 11) is -7.89. The first-order valence-electron chi connectivity index (χ1n) is 12.9. The highest BCUT2D eigenvalue weighted by molar-refractivity contribution is 7.89. The van der Waals surface area contributed by atoms with Crippen molar-refractivity contribution in [3.63, 3.8) is 0 Å². The number of benzene rings is 3. The van der Waals surface area contributed by atoms with Crippen LogP contribution in [0.25, 0.3) is 0 Å². The Morgan fingerprint density at radius 1 is 0.854 bits per heavy atom. The lowest BCUT2D eigenvalue weighted by Gasteiger charge is -2.35. The molecule has 14 heteroatoms. The van der Waals surface area contributed by atoms with Crippen molar-refractivity contribution in [3.8, 4) is 0 Å². The van der Waals surface area contributed by atoms with Crippen molar-refractivity contribution in [1.82, 2.24) is 9.80 Å². The van der Waals surface area contributed by atoms with Crippen LogP contribution < -0.4 is 20.9 Å². The van der Waals surface area contributed by atoms with Crippen molar-refractivity contribution < 1.29 is 21.6 Å². The van der Waals surface area contributed by atoms with Crippen molar-refractivity contribution in [3.05, 3.63) is 83.4 Å². The van der Waals surface area contributed by atoms with Gasteiger partial charge < -0.3 is 20.4 Å². The third-order valence-corrected chi connectivity index (χ3v) is 8.67. The normalized spacial score (nSPS) is 14.5. The average molecular weight is 600 g/mol. The second-order valence-corrected chi connectivity index (χ2v) is 12.8. The van der Waals surface area contributed by atoms with E-state index in [0.29, 0.717) is 33.9 Å². The lowest BCUT2D eigenvalue weighted by Crippen LogP contribution is -2.48. The van der Waals surface area contributed by atoms with E-state index in [1.54, 1.807) is 30.3 Å². The van der Waals surface area contributed by atoms with Gasteiger partial charge in [-0.2, -0.15) is 0 Å². The van der Waals surface area contributed by atoms with E-state index in [1.807, 2.05) is 11.0 Å². The lowest BCUT2D eigenvalue weighted by atomic mass is 10.0. The number of nitrogens with one attached hydrogen (secondary N) is 3. The summed E-state index contributed by atoms with van der Waals surface area (Å²) in [6.45, 7) is 6.39. The van der Waals surface area contributed by atoms with Crippen LogP contribution in [0.2, 0.25) is 0 Å². The molecule has 4 rings (SSSR count). The largest absolute Gasteiger partial charge is 0.354 e. The van der Waals surface area contributed by atoms with Crippen LogP contribution >= 0.6 is 0 Å². The molecule has 1 heterocycles. The summed E-state index contributed by atoms with van der Waals surface area (Å²) < 4.78 is 47.1. The quantitative estimate of drug-likeness (QED) is 0.193. The topological polar surface area (TPSA) is 192 Å². The highest BCUT2D eigenvalue weighted by Crippen LogP contribution is 2.24. The molecule has 0 saturated carbocycles. The lowest BCUT2D eigenvalue weighted by molar-refractivity contribution is 0.189. The van der Waals surface area contributed by atoms with Gasteiger partial charge in [-0.3, -0.25) is 5.41 Å². The fraction of sp³-hybridized carbons (Fsp3) is 0.259. The van der Waals surface area contributed by atoms with Gasteiger partial charge in [0.1, 0.15) is 5.84 Å². The number of anilines is 2. The zero-order valence-electron chi connectivity index (χ0n) is 22.5. The summed E-state index contributed by atoms with van der Waals surface area (Å²) in [5.74, 6) is 0.388. The predicted octanol–water partition coefficient (Wildman–Crippen LogP) is 2.18. The first-order valence-corrected chi connectivity index (χ1v) is 15.9. The summed E-state index contributed by atoms with van der Waals surface area (Å²) in [5.41, 5.74) is 2.59. The van der Waals surface area contributed by atoms with Gasteiger partial charge in [0.25, 0.3) is 0 Å². The Morgan fingerprint density at radius 3 is 2.10 bits per heavy atom. The molecule has 0 aromatic heterocycles. The van der Waals surface area contributed by atoms with E-state index in [-0.39, 0.29) is 16.2 Å². The van der Waals surface area contributed by atoms with Gasteiger partial charge >= 0.3 is 6.03 Å². The van der Waals surface area contributed by atoms with E-state index < -0.39 is 26.1 Å². The smallest absolute Gasteiger partial charge is 0.323 e. The number of hydrogen-bond acceptors (Lipinski definition) is 7. The molecular weight excluding hydrogens is 566 g/mol. The molecule has 41 heavy (non-hydrogen) atoms. The number of amides is 2. The molecular formula is C27H33N7O5S2. The number of rotatable bonds is 8. The predicted molar refractivity (Wildman–Crippen MR) is 158 cm³/mol. The molecule has 3 aromatic rings. The maximum atomic E-state index is 13.0. The molecule has 12 nitrogen and oxygen atoms in total. The fourth-order valence-electron chi connectivity index (χ4n) is 4.53. The standard InChI is InChI=1S/C27H33N7O5S2/c1-2-33-12-14-34(15-13-33)26(28)20-4-3-5-22(17-20)31-27(35)32-25-11-10-24(41(30,38)39)18-21(25)16-19-6-8-23(9-7-19)40(29,36)37/h3-11,17-18,28H,2,12-16H2,1H3,(H2,29,36,37)(H2,30,38,39)(H2,31,32,35). The van der Waals surface area contributed by atoms with Crippen molar-refractivity contribution in [2.24, 2.45) is 10.3 Å². The Kier molecular flexibility index (Phi) is 9.09. The Hall–Kier alpha value is -3.82. The second-order valence-electron chi connectivity index (χ2n) is 9.66. The number of piperazine rings is 1. The monoisotopic (exact) mass is 599 g/mol. The van der Waals surface area contributed by atoms with Gasteiger partial charge in [0, 0.05) is 43.1 Å². The first-order chi connectivity index (χ1) is 19.3. The number of amidine groups is 1. The number of sulfonamides is 2. The molecule has 2 amide bonds. The van der Waals surface area contributed by atoms with Crippen molar-refractivity contribution in [2.45, 2.75) is 23.1 Å². The molecule has 3 aromatic carbocycles. The molecule has 0 aliphatic carbocycles. The van der Waals surface area contributed by atoms with Gasteiger partial charge in [-0.25, -0.2) is 31.9 Å². The number of nitrogens with zero attached hydrogens (tertiary/aromatic N) is 2. The Balaban J connectivity index is 1.50. The maximum absolute atomic E-state index is 13.0. The highest BCUT2D eigenvalue weighted by Gasteiger charge is 2.19. The van der Waals surface area contributed by atoms with Crippen molar-refractivity contribution in [1.29, 1.82) is 5.41 Å². The average Bonchev–Trinajstić information content (AvgIpc) is 2.93. The van der Waals surface area contributed by atoms with Crippen LogP contribution in [0.4, 0.5) is 16.2 Å². The van der Waals surface area contributed by atoms with E-state index in [4.69, 9.17) is 15.7 Å². The minimum atomic E-state index is -4.02. The van der Waals surface area contributed by atoms with E-state index in [9.17, 15) is 21.6 Å². The zero-order valence-corrected chi connectivity index (χ0v) is 24.1. The van der Waals surface area contributed by atoms with Crippen molar-refractivity contribution in [2.75, 3.05) is 43.4 Å². The molecule has 0 atom stereocenters. The molecule has 7 N–H and O–H groups in total. The van der Waals surface area contributed by atoms with Gasteiger partial charge in [0.05, 0.1) is 9.79 Å². The molecule has 0 unspecified atom stereocenters. The first kappa shape index (κ1) is 30.1. The van der Waals surface area contributed by atoms with Crippen LogP contribution in [0, 0.1) is 5.41 Å². The Morgan fingerprint density at radius 2 is 1.49 bits per heavy atom. The van der Waals surface area contributed by atoms with Gasteiger partial charge in [-0.1, -0.05) is 31.2 Å². The Bertz CT molecular complexity index is 1650. The van der Waals surface area contributed by atoms with Crippen molar-refractivity contribution >= 4 is 43.3 Å². The molecule has 1 saturated heterocycles. The number of hydrogen-bond donors (Lipinski definition) is 5. The summed E-state index contributed by atoms with van der Waals surface area (Å²) in [4.78, 5) is 17.1. The number of nitrogens with two attached hydrogens (primary N) is 2. The number of carbonyl (C=O) groups is 1. The minimum absolute atomic E-state index is 0.0595. The third kappa shape index (κ3) is 7.89. The summed E-state index contributed by atoms with van der Waals surface area (Å²) in [6.07, 6.45) is 0.168. The molecule has 0 bridgehead atoms. The molecule has 1 fully saturated rings. The van der Waals surface area contributed by atoms with Crippen LogP contribution in [0.15, 0.2) is 76.5 Å². The van der Waals surface area contributed by atoms with Gasteiger partial charge in [0.15, 0.2) is 0 Å². The molecule has 1 aliphatic heterocycles. The summed E-state index contributed by atoms with van der Waals surface area (Å²) in [5, 5.41) is 24.6. The van der Waals surface area contributed by atoms with E-state index in [1.165, 1.54) is 30.3 Å². The Labute approximate surface area is 239 Å².